The third kappa shape index (κ3) is 5.61. The van der Waals surface area contributed by atoms with E-state index in [0.717, 1.165) is 31.9 Å². The average molecular weight is 387 g/mol. The van der Waals surface area contributed by atoms with Gasteiger partial charge in [0, 0.05) is 11.1 Å². The van der Waals surface area contributed by atoms with Crippen LogP contribution in [0.15, 0.2) is 24.3 Å². The Hall–Kier alpha value is -1.27. The molecule has 1 aliphatic rings. The van der Waals surface area contributed by atoms with Gasteiger partial charge in [0.2, 0.25) is 15.9 Å². The van der Waals surface area contributed by atoms with Gasteiger partial charge in [0.15, 0.2) is 0 Å². The first-order valence-corrected chi connectivity index (χ1v) is 11.1. The third-order valence-corrected chi connectivity index (χ3v) is 6.01. The van der Waals surface area contributed by atoms with E-state index in [9.17, 15) is 13.2 Å². The summed E-state index contributed by atoms with van der Waals surface area (Å²) in [5, 5.41) is 3.50. The molecule has 0 saturated heterocycles. The Balaban J connectivity index is 2.25. The summed E-state index contributed by atoms with van der Waals surface area (Å²) >= 11 is 6.02. The zero-order chi connectivity index (χ0) is 18.4. The molecule has 2 rings (SSSR count). The van der Waals surface area contributed by atoms with E-state index in [2.05, 4.69) is 5.32 Å². The van der Waals surface area contributed by atoms with Gasteiger partial charge >= 0.3 is 0 Å². The van der Waals surface area contributed by atoms with Crippen LogP contribution in [-0.4, -0.2) is 32.7 Å². The van der Waals surface area contributed by atoms with Crippen molar-refractivity contribution in [1.29, 1.82) is 0 Å². The highest BCUT2D eigenvalue weighted by molar-refractivity contribution is 7.92. The molecule has 1 fully saturated rings. The highest BCUT2D eigenvalue weighted by Crippen LogP contribution is 2.26. The van der Waals surface area contributed by atoms with E-state index in [0.29, 0.717) is 17.1 Å². The second-order valence-corrected chi connectivity index (χ2v) is 8.96. The van der Waals surface area contributed by atoms with Crippen molar-refractivity contribution in [3.8, 4) is 0 Å². The SMILES string of the molecule is CC[C@H](C(=O)NC1CCCCCC1)N(c1cccc(Cl)c1)S(C)(=O)=O. The van der Waals surface area contributed by atoms with Crippen molar-refractivity contribution in [2.75, 3.05) is 10.6 Å². The summed E-state index contributed by atoms with van der Waals surface area (Å²) in [7, 11) is -3.63. The lowest BCUT2D eigenvalue weighted by Gasteiger charge is -2.31. The van der Waals surface area contributed by atoms with E-state index < -0.39 is 16.1 Å². The molecule has 0 bridgehead atoms. The molecule has 1 atom stereocenters. The third-order valence-electron chi connectivity index (χ3n) is 4.59. The van der Waals surface area contributed by atoms with Crippen LogP contribution in [0.25, 0.3) is 0 Å². The van der Waals surface area contributed by atoms with Gasteiger partial charge in [-0.05, 0) is 37.5 Å². The molecule has 0 heterocycles. The Bertz CT molecular complexity index is 685. The number of hydrogen-bond acceptors (Lipinski definition) is 3. The normalized spacial score (nSPS) is 17.6. The van der Waals surface area contributed by atoms with Gasteiger partial charge < -0.3 is 5.32 Å². The quantitative estimate of drug-likeness (QED) is 0.757. The molecule has 25 heavy (non-hydrogen) atoms. The molecule has 1 aromatic rings. The van der Waals surface area contributed by atoms with E-state index in [1.807, 2.05) is 6.92 Å². The minimum atomic E-state index is -3.63. The molecule has 1 aromatic carbocycles. The number of halogens is 1. The number of carbonyl (C=O) groups excluding carboxylic acids is 1. The summed E-state index contributed by atoms with van der Waals surface area (Å²) in [6.07, 6.45) is 8.02. The number of benzene rings is 1. The second-order valence-electron chi connectivity index (χ2n) is 6.66. The maximum absolute atomic E-state index is 12.9. The van der Waals surface area contributed by atoms with Gasteiger partial charge in [-0.2, -0.15) is 0 Å². The number of hydrogen-bond donors (Lipinski definition) is 1. The molecular weight excluding hydrogens is 360 g/mol. The van der Waals surface area contributed by atoms with Gasteiger partial charge in [-0.15, -0.1) is 0 Å². The Kier molecular flexibility index (Phi) is 7.14. The second kappa shape index (κ2) is 8.90. The highest BCUT2D eigenvalue weighted by Gasteiger charge is 2.32. The first kappa shape index (κ1) is 20.0. The maximum atomic E-state index is 12.9. The van der Waals surface area contributed by atoms with Crippen LogP contribution in [0.5, 0.6) is 0 Å². The number of sulfonamides is 1. The Morgan fingerprint density at radius 1 is 1.28 bits per heavy atom. The van der Waals surface area contributed by atoms with Gasteiger partial charge in [0.1, 0.15) is 6.04 Å². The number of anilines is 1. The summed E-state index contributed by atoms with van der Waals surface area (Å²) in [6, 6.07) is 5.95. The first-order valence-electron chi connectivity index (χ1n) is 8.88. The number of nitrogens with zero attached hydrogens (tertiary/aromatic N) is 1. The van der Waals surface area contributed by atoms with Crippen LogP contribution < -0.4 is 9.62 Å². The fraction of sp³-hybridized carbons (Fsp3) is 0.611. The predicted molar refractivity (Wildman–Crippen MR) is 102 cm³/mol. The molecule has 5 nitrogen and oxygen atoms in total. The zero-order valence-electron chi connectivity index (χ0n) is 14.9. The van der Waals surface area contributed by atoms with Crippen LogP contribution in [-0.2, 0) is 14.8 Å². The molecule has 7 heteroatoms. The Morgan fingerprint density at radius 3 is 2.44 bits per heavy atom. The van der Waals surface area contributed by atoms with E-state index in [-0.39, 0.29) is 11.9 Å². The number of rotatable bonds is 6. The van der Waals surface area contributed by atoms with Gasteiger partial charge in [-0.3, -0.25) is 9.10 Å². The standard InChI is InChI=1S/C18H27ClN2O3S/c1-3-17(18(22)20-15-10-6-4-5-7-11-15)21(25(2,23)24)16-12-8-9-14(19)13-16/h8-9,12-13,15,17H,3-7,10-11H2,1-2H3,(H,20,22)/t17-/m1/s1. The monoisotopic (exact) mass is 386 g/mol. The minimum Gasteiger partial charge on any atom is -0.352 e. The van der Waals surface area contributed by atoms with E-state index >= 15 is 0 Å². The summed E-state index contributed by atoms with van der Waals surface area (Å²) in [4.78, 5) is 12.9. The summed E-state index contributed by atoms with van der Waals surface area (Å²) in [5.74, 6) is -0.236. The first-order chi connectivity index (χ1) is 11.8. The molecular formula is C18H27ClN2O3S. The van der Waals surface area contributed by atoms with Crippen molar-refractivity contribution in [2.45, 2.75) is 64.0 Å². The van der Waals surface area contributed by atoms with Crippen molar-refractivity contribution in [3.63, 3.8) is 0 Å². The smallest absolute Gasteiger partial charge is 0.244 e. The molecule has 140 valence electrons. The van der Waals surface area contributed by atoms with Crippen LogP contribution in [0.3, 0.4) is 0 Å². The van der Waals surface area contributed by atoms with Crippen molar-refractivity contribution in [1.82, 2.24) is 5.32 Å². The molecule has 1 N–H and O–H groups in total. The maximum Gasteiger partial charge on any atom is 0.244 e. The van der Waals surface area contributed by atoms with Crippen LogP contribution >= 0.6 is 11.6 Å². The summed E-state index contributed by atoms with van der Waals surface area (Å²) in [6.45, 7) is 1.82. The van der Waals surface area contributed by atoms with Crippen molar-refractivity contribution < 1.29 is 13.2 Å². The van der Waals surface area contributed by atoms with Crippen molar-refractivity contribution >= 4 is 33.2 Å². The van der Waals surface area contributed by atoms with Crippen LogP contribution in [0.2, 0.25) is 5.02 Å². The van der Waals surface area contributed by atoms with Gasteiger partial charge in [0.05, 0.1) is 11.9 Å². The molecule has 0 aliphatic heterocycles. The van der Waals surface area contributed by atoms with Crippen molar-refractivity contribution in [3.05, 3.63) is 29.3 Å². The molecule has 0 radical (unpaired) electrons. The molecule has 0 unspecified atom stereocenters. The zero-order valence-corrected chi connectivity index (χ0v) is 16.4. The number of nitrogens with one attached hydrogen (secondary N) is 1. The Labute approximate surface area is 155 Å². The summed E-state index contributed by atoms with van der Waals surface area (Å²) in [5.41, 5.74) is 0.415. The molecule has 0 aromatic heterocycles. The van der Waals surface area contributed by atoms with Crippen LogP contribution in [0.1, 0.15) is 51.9 Å². The van der Waals surface area contributed by atoms with E-state index in [4.69, 9.17) is 11.6 Å². The lowest BCUT2D eigenvalue weighted by molar-refractivity contribution is -0.123. The fourth-order valence-corrected chi connectivity index (χ4v) is 4.78. The van der Waals surface area contributed by atoms with E-state index in [1.54, 1.807) is 24.3 Å². The molecule has 1 saturated carbocycles. The van der Waals surface area contributed by atoms with Crippen LogP contribution in [0.4, 0.5) is 5.69 Å². The van der Waals surface area contributed by atoms with Crippen LogP contribution in [0, 0.1) is 0 Å². The lowest BCUT2D eigenvalue weighted by atomic mass is 10.1. The van der Waals surface area contributed by atoms with E-state index in [1.165, 1.54) is 17.1 Å². The predicted octanol–water partition coefficient (Wildman–Crippen LogP) is 3.72. The molecule has 1 amide bonds. The van der Waals surface area contributed by atoms with Gasteiger partial charge in [-0.1, -0.05) is 50.3 Å². The van der Waals surface area contributed by atoms with Gasteiger partial charge in [0.25, 0.3) is 0 Å². The topological polar surface area (TPSA) is 66.5 Å². The summed E-state index contributed by atoms with van der Waals surface area (Å²) < 4.78 is 26.0. The Morgan fingerprint density at radius 2 is 1.92 bits per heavy atom. The highest BCUT2D eigenvalue weighted by atomic mass is 35.5. The molecule has 1 aliphatic carbocycles. The fourth-order valence-electron chi connectivity index (χ4n) is 3.39. The largest absolute Gasteiger partial charge is 0.352 e. The lowest BCUT2D eigenvalue weighted by Crippen LogP contribution is -2.51. The number of carbonyl (C=O) groups is 1. The number of amides is 1. The van der Waals surface area contributed by atoms with Crippen molar-refractivity contribution in [2.24, 2.45) is 0 Å². The average Bonchev–Trinajstić information content (AvgIpc) is 2.79. The molecule has 0 spiro atoms. The van der Waals surface area contributed by atoms with Gasteiger partial charge in [-0.25, -0.2) is 8.42 Å². The minimum absolute atomic E-state index is 0.129.